The number of rotatable bonds is 3. The van der Waals surface area contributed by atoms with E-state index in [1.807, 2.05) is 38.2 Å². The predicted octanol–water partition coefficient (Wildman–Crippen LogP) is 3.12. The van der Waals surface area contributed by atoms with Gasteiger partial charge in [-0.25, -0.2) is 4.79 Å². The zero-order valence-electron chi connectivity index (χ0n) is 9.24. The molecule has 0 atom stereocenters. The first-order valence-corrected chi connectivity index (χ1v) is 5.96. The Bertz CT molecular complexity index is 519. The Hall–Kier alpha value is -1.55. The molecule has 1 aromatic carbocycles. The normalized spacial score (nSPS) is 10.4. The fraction of sp³-hybridized carbons (Fsp3) is 0.250. The van der Waals surface area contributed by atoms with E-state index in [0.29, 0.717) is 12.2 Å². The van der Waals surface area contributed by atoms with Gasteiger partial charge >= 0.3 is 5.97 Å². The molecule has 0 spiro atoms. The summed E-state index contributed by atoms with van der Waals surface area (Å²) >= 11 is 1.57. The van der Waals surface area contributed by atoms with Crippen LogP contribution in [0.5, 0.6) is 0 Å². The monoisotopic (exact) mass is 235 g/mol. The summed E-state index contributed by atoms with van der Waals surface area (Å²) < 4.78 is 6.16. The summed E-state index contributed by atoms with van der Waals surface area (Å²) in [6.07, 6.45) is 0. The van der Waals surface area contributed by atoms with Gasteiger partial charge in [-0.05, 0) is 13.0 Å². The maximum atomic E-state index is 11.8. The van der Waals surface area contributed by atoms with Crippen LogP contribution in [0.25, 0.3) is 10.1 Å². The first kappa shape index (κ1) is 11.0. The van der Waals surface area contributed by atoms with Crippen molar-refractivity contribution in [2.45, 2.75) is 6.92 Å². The third-order valence-corrected chi connectivity index (χ3v) is 3.49. The Morgan fingerprint density at radius 1 is 1.44 bits per heavy atom. The number of hydrogen-bond donors (Lipinski definition) is 1. The van der Waals surface area contributed by atoms with Crippen LogP contribution in [-0.4, -0.2) is 19.6 Å². The molecular weight excluding hydrogens is 222 g/mol. The van der Waals surface area contributed by atoms with Crippen molar-refractivity contribution < 1.29 is 9.53 Å². The maximum absolute atomic E-state index is 11.8. The number of fused-ring (bicyclic) bond motifs is 1. The highest BCUT2D eigenvalue weighted by molar-refractivity contribution is 7.23. The number of hydrogen-bond acceptors (Lipinski definition) is 4. The molecule has 0 radical (unpaired) electrons. The van der Waals surface area contributed by atoms with Crippen LogP contribution in [-0.2, 0) is 4.74 Å². The third-order valence-electron chi connectivity index (χ3n) is 2.30. The van der Waals surface area contributed by atoms with E-state index in [1.165, 1.54) is 0 Å². The zero-order valence-corrected chi connectivity index (χ0v) is 10.1. The molecule has 2 aromatic rings. The van der Waals surface area contributed by atoms with Gasteiger partial charge in [-0.15, -0.1) is 11.3 Å². The Morgan fingerprint density at radius 2 is 2.19 bits per heavy atom. The van der Waals surface area contributed by atoms with Gasteiger partial charge in [0.25, 0.3) is 0 Å². The summed E-state index contributed by atoms with van der Waals surface area (Å²) in [5.74, 6) is -0.260. The Morgan fingerprint density at radius 3 is 2.88 bits per heavy atom. The molecule has 0 aliphatic carbocycles. The van der Waals surface area contributed by atoms with Crippen molar-refractivity contribution in [2.75, 3.05) is 19.0 Å². The number of esters is 1. The second-order valence-corrected chi connectivity index (χ2v) is 4.33. The average molecular weight is 235 g/mol. The minimum absolute atomic E-state index is 0.260. The van der Waals surface area contributed by atoms with Crippen LogP contribution < -0.4 is 5.32 Å². The second-order valence-electron chi connectivity index (χ2n) is 3.27. The number of nitrogens with one attached hydrogen (secondary N) is 1. The van der Waals surface area contributed by atoms with Gasteiger partial charge in [-0.2, -0.15) is 0 Å². The van der Waals surface area contributed by atoms with E-state index in [-0.39, 0.29) is 5.97 Å². The number of ether oxygens (including phenoxy) is 1. The molecule has 0 unspecified atom stereocenters. The van der Waals surface area contributed by atoms with Crippen LogP contribution in [0.4, 0.5) is 5.00 Å². The van der Waals surface area contributed by atoms with Gasteiger partial charge in [0, 0.05) is 17.1 Å². The molecule has 4 heteroatoms. The highest BCUT2D eigenvalue weighted by Gasteiger charge is 2.18. The minimum Gasteiger partial charge on any atom is -0.462 e. The number of thiophene rings is 1. The fourth-order valence-corrected chi connectivity index (χ4v) is 2.67. The molecule has 3 nitrogen and oxygen atoms in total. The largest absolute Gasteiger partial charge is 0.462 e. The molecule has 1 N–H and O–H groups in total. The SMILES string of the molecule is CCOC(=O)c1c(NC)sc2ccccc12. The lowest BCUT2D eigenvalue weighted by Crippen LogP contribution is -2.06. The van der Waals surface area contributed by atoms with Crippen LogP contribution in [0, 0.1) is 0 Å². The first-order chi connectivity index (χ1) is 7.77. The molecule has 0 saturated heterocycles. The van der Waals surface area contributed by atoms with Gasteiger partial charge in [-0.1, -0.05) is 18.2 Å². The van der Waals surface area contributed by atoms with Crippen LogP contribution in [0.1, 0.15) is 17.3 Å². The maximum Gasteiger partial charge on any atom is 0.341 e. The van der Waals surface area contributed by atoms with E-state index in [9.17, 15) is 4.79 Å². The lowest BCUT2D eigenvalue weighted by Gasteiger charge is -2.03. The molecule has 0 saturated carbocycles. The number of carbonyl (C=O) groups excluding carboxylic acids is 1. The smallest absolute Gasteiger partial charge is 0.341 e. The first-order valence-electron chi connectivity index (χ1n) is 5.14. The van der Waals surface area contributed by atoms with E-state index >= 15 is 0 Å². The van der Waals surface area contributed by atoms with Crippen LogP contribution in [0.2, 0.25) is 0 Å². The highest BCUT2D eigenvalue weighted by Crippen LogP contribution is 2.35. The minimum atomic E-state index is -0.260. The van der Waals surface area contributed by atoms with Gasteiger partial charge in [0.15, 0.2) is 0 Å². The Labute approximate surface area is 98.0 Å². The van der Waals surface area contributed by atoms with Crippen molar-refractivity contribution in [3.8, 4) is 0 Å². The van der Waals surface area contributed by atoms with Crippen molar-refractivity contribution in [1.82, 2.24) is 0 Å². The molecule has 0 aliphatic heterocycles. The predicted molar refractivity (Wildman–Crippen MR) is 67.3 cm³/mol. The van der Waals surface area contributed by atoms with Gasteiger partial charge in [-0.3, -0.25) is 0 Å². The van der Waals surface area contributed by atoms with E-state index in [1.54, 1.807) is 11.3 Å². The van der Waals surface area contributed by atoms with Crippen LogP contribution >= 0.6 is 11.3 Å². The van der Waals surface area contributed by atoms with Gasteiger partial charge in [0.1, 0.15) is 10.6 Å². The van der Waals surface area contributed by atoms with E-state index in [4.69, 9.17) is 4.74 Å². The number of carbonyl (C=O) groups is 1. The molecule has 0 aliphatic rings. The topological polar surface area (TPSA) is 38.3 Å². The molecule has 0 bridgehead atoms. The van der Waals surface area contributed by atoms with Crippen molar-refractivity contribution >= 4 is 32.4 Å². The highest BCUT2D eigenvalue weighted by atomic mass is 32.1. The van der Waals surface area contributed by atoms with Crippen molar-refractivity contribution in [3.05, 3.63) is 29.8 Å². The Balaban J connectivity index is 2.60. The van der Waals surface area contributed by atoms with Crippen molar-refractivity contribution in [1.29, 1.82) is 0 Å². The zero-order chi connectivity index (χ0) is 11.5. The molecule has 0 fully saturated rings. The standard InChI is InChI=1S/C12H13NO2S/c1-3-15-12(14)10-8-6-4-5-7-9(8)16-11(10)13-2/h4-7,13H,3H2,1-2H3. The second kappa shape index (κ2) is 4.53. The summed E-state index contributed by atoms with van der Waals surface area (Å²) in [6, 6.07) is 7.84. The summed E-state index contributed by atoms with van der Waals surface area (Å²) in [7, 11) is 1.81. The van der Waals surface area contributed by atoms with Gasteiger partial charge in [0.05, 0.1) is 6.61 Å². The Kier molecular flexibility index (Phi) is 3.10. The summed E-state index contributed by atoms with van der Waals surface area (Å²) in [5, 5.41) is 4.86. The summed E-state index contributed by atoms with van der Waals surface area (Å²) in [4.78, 5) is 11.8. The quantitative estimate of drug-likeness (QED) is 0.831. The van der Waals surface area contributed by atoms with Gasteiger partial charge < -0.3 is 10.1 Å². The summed E-state index contributed by atoms with van der Waals surface area (Å²) in [5.41, 5.74) is 0.643. The van der Waals surface area contributed by atoms with Gasteiger partial charge in [0.2, 0.25) is 0 Å². The van der Waals surface area contributed by atoms with Crippen molar-refractivity contribution in [2.24, 2.45) is 0 Å². The van der Waals surface area contributed by atoms with E-state index in [2.05, 4.69) is 5.32 Å². The lowest BCUT2D eigenvalue weighted by molar-refractivity contribution is 0.0530. The van der Waals surface area contributed by atoms with E-state index in [0.717, 1.165) is 15.1 Å². The molecule has 1 aromatic heterocycles. The average Bonchev–Trinajstić information content (AvgIpc) is 2.67. The third kappa shape index (κ3) is 1.76. The molecule has 2 rings (SSSR count). The number of benzene rings is 1. The molecular formula is C12H13NO2S. The molecule has 84 valence electrons. The molecule has 16 heavy (non-hydrogen) atoms. The molecule has 1 heterocycles. The van der Waals surface area contributed by atoms with Crippen molar-refractivity contribution in [3.63, 3.8) is 0 Å². The summed E-state index contributed by atoms with van der Waals surface area (Å²) in [6.45, 7) is 2.21. The molecule has 0 amide bonds. The van der Waals surface area contributed by atoms with E-state index < -0.39 is 0 Å². The van der Waals surface area contributed by atoms with Crippen LogP contribution in [0.3, 0.4) is 0 Å². The lowest BCUT2D eigenvalue weighted by atomic mass is 10.1. The fourth-order valence-electron chi connectivity index (χ4n) is 1.63. The van der Waals surface area contributed by atoms with Crippen LogP contribution in [0.15, 0.2) is 24.3 Å². The number of anilines is 1.